The number of benzene rings is 2. The van der Waals surface area contributed by atoms with Crippen LogP contribution < -0.4 is 10.6 Å². The van der Waals surface area contributed by atoms with E-state index in [1.54, 1.807) is 24.3 Å². The van der Waals surface area contributed by atoms with Gasteiger partial charge in [0.1, 0.15) is 29.5 Å². The number of fused-ring (bicyclic) bond motifs is 3. The van der Waals surface area contributed by atoms with Crippen molar-refractivity contribution in [3.8, 4) is 6.07 Å². The summed E-state index contributed by atoms with van der Waals surface area (Å²) < 4.78 is 5.82. The first-order chi connectivity index (χ1) is 15.4. The molecule has 0 saturated carbocycles. The molecule has 1 amide bonds. The van der Waals surface area contributed by atoms with E-state index < -0.39 is 18.1 Å². The van der Waals surface area contributed by atoms with Gasteiger partial charge in [-0.3, -0.25) is 14.5 Å². The highest BCUT2D eigenvalue weighted by Gasteiger charge is 2.62. The molecule has 5 rings (SSSR count). The van der Waals surface area contributed by atoms with E-state index >= 15 is 0 Å². The molecule has 7 nitrogen and oxygen atoms in total. The maximum Gasteiger partial charge on any atom is 0.249 e. The fourth-order valence-corrected chi connectivity index (χ4v) is 5.17. The molecule has 160 valence electrons. The summed E-state index contributed by atoms with van der Waals surface area (Å²) >= 11 is 0. The number of aliphatic hydroxyl groups is 1. The van der Waals surface area contributed by atoms with Gasteiger partial charge >= 0.3 is 0 Å². The number of amides is 1. The van der Waals surface area contributed by atoms with Crippen molar-refractivity contribution in [2.75, 3.05) is 11.6 Å². The van der Waals surface area contributed by atoms with Crippen molar-refractivity contribution < 1.29 is 19.4 Å². The number of nitriles is 1. The third-order valence-electron chi connectivity index (χ3n) is 6.62. The van der Waals surface area contributed by atoms with Gasteiger partial charge < -0.3 is 15.6 Å². The average Bonchev–Trinajstić information content (AvgIpc) is 3.02. The van der Waals surface area contributed by atoms with E-state index in [1.807, 2.05) is 37.3 Å². The third kappa shape index (κ3) is 2.50. The molecule has 32 heavy (non-hydrogen) atoms. The number of Topliss-reactive ketones (excluding diaryl/α,β-unsaturated/α-hetero) is 1. The molecule has 2 unspecified atom stereocenters. The summed E-state index contributed by atoms with van der Waals surface area (Å²) in [6.45, 7) is 1.41. The van der Waals surface area contributed by atoms with Gasteiger partial charge in [-0.25, -0.2) is 0 Å². The maximum atomic E-state index is 13.8. The zero-order valence-corrected chi connectivity index (χ0v) is 17.5. The molecule has 0 radical (unpaired) electrons. The highest BCUT2D eigenvalue weighted by Crippen LogP contribution is 2.56. The van der Waals surface area contributed by atoms with Gasteiger partial charge in [-0.2, -0.15) is 5.26 Å². The number of ether oxygens (including phenoxy) is 1. The van der Waals surface area contributed by atoms with Crippen LogP contribution in [0.4, 0.5) is 5.69 Å². The fourth-order valence-electron chi connectivity index (χ4n) is 5.17. The van der Waals surface area contributed by atoms with Crippen molar-refractivity contribution in [3.05, 3.63) is 88.0 Å². The smallest absolute Gasteiger partial charge is 0.249 e. The summed E-state index contributed by atoms with van der Waals surface area (Å²) in [5.41, 5.74) is 7.51. The molecule has 0 fully saturated rings. The minimum Gasteiger partial charge on any atom is -0.444 e. The Labute approximate surface area is 185 Å². The number of allylic oxidation sites excluding steroid dienone is 1. The quantitative estimate of drug-likeness (QED) is 0.761. The number of para-hydroxylation sites is 1. The monoisotopic (exact) mass is 427 g/mol. The van der Waals surface area contributed by atoms with Gasteiger partial charge in [0, 0.05) is 18.4 Å². The lowest BCUT2D eigenvalue weighted by molar-refractivity contribution is -0.125. The summed E-state index contributed by atoms with van der Waals surface area (Å²) in [4.78, 5) is 28.5. The summed E-state index contributed by atoms with van der Waals surface area (Å²) in [5, 5.41) is 19.9. The molecule has 2 atom stereocenters. The van der Waals surface area contributed by atoms with Gasteiger partial charge in [-0.1, -0.05) is 48.0 Å². The first kappa shape index (κ1) is 20.0. The molecule has 3 aliphatic rings. The predicted octanol–water partition coefficient (Wildman–Crippen LogP) is 2.65. The van der Waals surface area contributed by atoms with Gasteiger partial charge in [0.25, 0.3) is 0 Å². The van der Waals surface area contributed by atoms with Gasteiger partial charge in [-0.05, 0) is 24.5 Å². The molecule has 7 heteroatoms. The Morgan fingerprint density at radius 3 is 2.59 bits per heavy atom. The Morgan fingerprint density at radius 2 is 1.91 bits per heavy atom. The van der Waals surface area contributed by atoms with Crippen LogP contribution in [-0.2, 0) is 19.7 Å². The second-order valence-electron chi connectivity index (χ2n) is 8.33. The van der Waals surface area contributed by atoms with Crippen LogP contribution in [0.5, 0.6) is 0 Å². The second-order valence-corrected chi connectivity index (χ2v) is 8.33. The van der Waals surface area contributed by atoms with Crippen molar-refractivity contribution in [2.24, 2.45) is 5.73 Å². The van der Waals surface area contributed by atoms with E-state index in [2.05, 4.69) is 0 Å². The molecule has 0 aromatic heterocycles. The summed E-state index contributed by atoms with van der Waals surface area (Å²) in [7, 11) is 0. The van der Waals surface area contributed by atoms with Crippen molar-refractivity contribution in [1.29, 1.82) is 5.26 Å². The Morgan fingerprint density at radius 1 is 1.19 bits per heavy atom. The van der Waals surface area contributed by atoms with Crippen LogP contribution in [0.15, 0.2) is 71.3 Å². The number of carbonyl (C=O) groups excluding carboxylic acids is 2. The van der Waals surface area contributed by atoms with Crippen LogP contribution in [0, 0.1) is 18.3 Å². The second kappa shape index (κ2) is 7.08. The van der Waals surface area contributed by atoms with Crippen molar-refractivity contribution in [1.82, 2.24) is 0 Å². The number of aryl methyl sites for hydroxylation is 1. The largest absolute Gasteiger partial charge is 0.444 e. The van der Waals surface area contributed by atoms with Crippen LogP contribution in [0.3, 0.4) is 0 Å². The number of carbonyl (C=O) groups is 2. The summed E-state index contributed by atoms with van der Waals surface area (Å²) in [6.07, 6.45) is 0.556. The minimum atomic E-state index is -1.71. The van der Waals surface area contributed by atoms with Crippen LogP contribution in [-0.4, -0.2) is 23.5 Å². The first-order valence-electron chi connectivity index (χ1n) is 10.4. The Kier molecular flexibility index (Phi) is 4.43. The number of anilines is 1. The van der Waals surface area contributed by atoms with E-state index in [-0.39, 0.29) is 35.2 Å². The molecule has 2 heterocycles. The Hall–Kier alpha value is -3.89. The SMILES string of the molecule is Cc1ccc(C2CC(=O)C3=C(C2)OC(N)=C(C#N)C32C(=O)N(CO)c3ccccc32)cc1. The van der Waals surface area contributed by atoms with Crippen LogP contribution in [0.25, 0.3) is 0 Å². The fraction of sp³-hybridized carbons (Fsp3) is 0.240. The molecule has 2 aliphatic heterocycles. The number of nitrogens with two attached hydrogens (primary N) is 1. The standard InChI is InChI=1S/C25H21N3O4/c1-14-6-8-15(9-7-14)16-10-20(30)22-21(11-16)32-23(27)18(12-26)25(22)17-4-2-3-5-19(17)28(13-29)24(25)31/h2-9,16,29H,10-11,13,27H2,1H3. The third-order valence-corrected chi connectivity index (χ3v) is 6.62. The average molecular weight is 427 g/mol. The number of rotatable bonds is 2. The molecule has 0 saturated heterocycles. The molecule has 3 N–H and O–H groups in total. The number of aliphatic hydroxyl groups excluding tert-OH is 1. The molecule has 2 aromatic carbocycles. The van der Waals surface area contributed by atoms with Crippen LogP contribution in [0.1, 0.15) is 35.4 Å². The lowest BCUT2D eigenvalue weighted by atomic mass is 9.63. The summed E-state index contributed by atoms with van der Waals surface area (Å²) in [5.74, 6) is -0.840. The van der Waals surface area contributed by atoms with Crippen molar-refractivity contribution in [2.45, 2.75) is 31.1 Å². The zero-order chi connectivity index (χ0) is 22.6. The number of nitrogens with zero attached hydrogens (tertiary/aromatic N) is 2. The van der Waals surface area contributed by atoms with Crippen LogP contribution in [0.2, 0.25) is 0 Å². The van der Waals surface area contributed by atoms with Gasteiger partial charge in [-0.15, -0.1) is 0 Å². The predicted molar refractivity (Wildman–Crippen MR) is 116 cm³/mol. The number of hydrogen-bond acceptors (Lipinski definition) is 6. The number of hydrogen-bond donors (Lipinski definition) is 2. The van der Waals surface area contributed by atoms with E-state index in [0.717, 1.165) is 11.1 Å². The normalized spacial score (nSPS) is 24.4. The van der Waals surface area contributed by atoms with E-state index in [0.29, 0.717) is 23.4 Å². The maximum absolute atomic E-state index is 13.8. The van der Waals surface area contributed by atoms with Crippen molar-refractivity contribution in [3.63, 3.8) is 0 Å². The summed E-state index contributed by atoms with van der Waals surface area (Å²) in [6, 6.07) is 16.8. The Bertz CT molecular complexity index is 1270. The van der Waals surface area contributed by atoms with E-state index in [4.69, 9.17) is 10.5 Å². The minimum absolute atomic E-state index is 0.119. The topological polar surface area (TPSA) is 117 Å². The highest BCUT2D eigenvalue weighted by atomic mass is 16.5. The number of ketones is 1. The molecule has 1 spiro atoms. The molecular formula is C25H21N3O4. The van der Waals surface area contributed by atoms with Crippen molar-refractivity contribution >= 4 is 17.4 Å². The van der Waals surface area contributed by atoms with E-state index in [1.165, 1.54) is 4.90 Å². The molecule has 0 bridgehead atoms. The lowest BCUT2D eigenvalue weighted by Gasteiger charge is -2.39. The molecular weight excluding hydrogens is 406 g/mol. The van der Waals surface area contributed by atoms with Crippen LogP contribution >= 0.6 is 0 Å². The van der Waals surface area contributed by atoms with Gasteiger partial charge in [0.2, 0.25) is 11.8 Å². The van der Waals surface area contributed by atoms with Gasteiger partial charge in [0.05, 0.1) is 11.3 Å². The Balaban J connectivity index is 1.73. The highest BCUT2D eigenvalue weighted by molar-refractivity contribution is 6.20. The zero-order valence-electron chi connectivity index (χ0n) is 17.5. The van der Waals surface area contributed by atoms with E-state index in [9.17, 15) is 20.0 Å². The lowest BCUT2D eigenvalue weighted by Crippen LogP contribution is -2.49. The first-order valence-corrected chi connectivity index (χ1v) is 10.4. The van der Waals surface area contributed by atoms with Gasteiger partial charge in [0.15, 0.2) is 5.78 Å². The molecule has 1 aliphatic carbocycles. The molecule has 2 aromatic rings.